The van der Waals surface area contributed by atoms with Crippen LogP contribution in [0.25, 0.3) is 0 Å². The van der Waals surface area contributed by atoms with Gasteiger partial charge in [0.25, 0.3) is 0 Å². The Balaban J connectivity index is 3.11. The predicted octanol–water partition coefficient (Wildman–Crippen LogP) is 0.763. The molecule has 1 amide bonds. The van der Waals surface area contributed by atoms with Gasteiger partial charge in [-0.15, -0.1) is 11.6 Å². The van der Waals surface area contributed by atoms with E-state index in [1.807, 2.05) is 26.0 Å². The Bertz CT molecular complexity index is 369. The van der Waals surface area contributed by atoms with Gasteiger partial charge in [0, 0.05) is 12.7 Å². The van der Waals surface area contributed by atoms with Gasteiger partial charge in [0.2, 0.25) is 5.91 Å². The van der Waals surface area contributed by atoms with E-state index in [-0.39, 0.29) is 11.8 Å². The van der Waals surface area contributed by atoms with Crippen molar-refractivity contribution in [2.75, 3.05) is 17.8 Å². The lowest BCUT2D eigenvalue weighted by atomic mass is 9.86. The standard InChI is InChI=1S/C11H15BClNO/c1-7-4-9(5-8(2)11(7)12)14(3)10(15)6-13/h4-5H,6,12H2,1-3H3. The Kier molecular flexibility index (Phi) is 3.80. The number of aryl methyl sites for hydroxylation is 2. The minimum Gasteiger partial charge on any atom is -0.314 e. The highest BCUT2D eigenvalue weighted by Crippen LogP contribution is 2.16. The molecule has 0 aromatic heterocycles. The van der Waals surface area contributed by atoms with Crippen LogP contribution in [-0.4, -0.2) is 26.7 Å². The van der Waals surface area contributed by atoms with Crippen molar-refractivity contribution < 1.29 is 4.79 Å². The molecule has 0 aliphatic heterocycles. The van der Waals surface area contributed by atoms with Crippen molar-refractivity contribution in [3.63, 3.8) is 0 Å². The lowest BCUT2D eigenvalue weighted by molar-refractivity contribution is -0.116. The minimum absolute atomic E-state index is 0.0163. The molecule has 0 radical (unpaired) electrons. The highest BCUT2D eigenvalue weighted by atomic mass is 35.5. The second-order valence-electron chi connectivity index (χ2n) is 3.79. The van der Waals surface area contributed by atoms with E-state index in [0.29, 0.717) is 0 Å². The van der Waals surface area contributed by atoms with E-state index in [4.69, 9.17) is 11.6 Å². The van der Waals surface area contributed by atoms with E-state index in [1.165, 1.54) is 16.6 Å². The van der Waals surface area contributed by atoms with E-state index in [9.17, 15) is 4.79 Å². The number of carbonyl (C=O) groups is 1. The Labute approximate surface area is 96.6 Å². The number of hydrogen-bond donors (Lipinski definition) is 0. The molecule has 15 heavy (non-hydrogen) atoms. The molecular formula is C11H15BClNO. The molecule has 0 atom stereocenters. The van der Waals surface area contributed by atoms with Gasteiger partial charge in [-0.2, -0.15) is 0 Å². The van der Waals surface area contributed by atoms with E-state index in [0.717, 1.165) is 5.69 Å². The molecule has 1 aromatic carbocycles. The van der Waals surface area contributed by atoms with Gasteiger partial charge in [0.15, 0.2) is 0 Å². The molecule has 1 aromatic rings. The molecule has 0 aliphatic rings. The molecule has 0 unspecified atom stereocenters. The first-order valence-corrected chi connectivity index (χ1v) is 5.41. The Morgan fingerprint density at radius 3 is 2.27 bits per heavy atom. The summed E-state index contributed by atoms with van der Waals surface area (Å²) in [7, 11) is 3.83. The third-order valence-electron chi connectivity index (χ3n) is 2.79. The predicted molar refractivity (Wildman–Crippen MR) is 68.2 cm³/mol. The number of amides is 1. The number of alkyl halides is 1. The number of carbonyl (C=O) groups excluding carboxylic acids is 1. The van der Waals surface area contributed by atoms with Gasteiger partial charge in [0.1, 0.15) is 13.7 Å². The number of hydrogen-bond acceptors (Lipinski definition) is 1. The minimum atomic E-state index is -0.0840. The summed E-state index contributed by atoms with van der Waals surface area (Å²) in [6, 6.07) is 4.01. The van der Waals surface area contributed by atoms with Crippen molar-refractivity contribution in [3.8, 4) is 0 Å². The van der Waals surface area contributed by atoms with Crippen molar-refractivity contribution in [1.29, 1.82) is 0 Å². The summed E-state index contributed by atoms with van der Waals surface area (Å²) in [5, 5.41) is 0. The van der Waals surface area contributed by atoms with Gasteiger partial charge >= 0.3 is 0 Å². The molecule has 0 heterocycles. The fourth-order valence-corrected chi connectivity index (χ4v) is 1.62. The van der Waals surface area contributed by atoms with Gasteiger partial charge in [-0.05, 0) is 26.0 Å². The number of nitrogens with zero attached hydrogens (tertiary/aromatic N) is 1. The maximum atomic E-state index is 11.4. The van der Waals surface area contributed by atoms with Crippen LogP contribution in [0.1, 0.15) is 11.1 Å². The molecule has 0 fully saturated rings. The highest BCUT2D eigenvalue weighted by molar-refractivity contribution is 6.34. The Hall–Kier alpha value is -0.955. The first-order valence-electron chi connectivity index (χ1n) is 4.87. The Morgan fingerprint density at radius 1 is 1.40 bits per heavy atom. The van der Waals surface area contributed by atoms with Crippen LogP contribution in [0.15, 0.2) is 12.1 Å². The molecule has 1 rings (SSSR count). The van der Waals surface area contributed by atoms with E-state index in [2.05, 4.69) is 7.85 Å². The van der Waals surface area contributed by atoms with Crippen LogP contribution < -0.4 is 10.4 Å². The quantitative estimate of drug-likeness (QED) is 0.536. The van der Waals surface area contributed by atoms with Crippen LogP contribution in [0.5, 0.6) is 0 Å². The van der Waals surface area contributed by atoms with E-state index in [1.54, 1.807) is 11.9 Å². The molecule has 0 bridgehead atoms. The zero-order chi connectivity index (χ0) is 11.6. The number of anilines is 1. The zero-order valence-corrected chi connectivity index (χ0v) is 10.4. The van der Waals surface area contributed by atoms with Crippen LogP contribution in [0, 0.1) is 13.8 Å². The van der Waals surface area contributed by atoms with Crippen LogP contribution in [-0.2, 0) is 4.79 Å². The normalized spacial score (nSPS) is 10.1. The highest BCUT2D eigenvalue weighted by Gasteiger charge is 2.10. The van der Waals surface area contributed by atoms with E-state index >= 15 is 0 Å². The smallest absolute Gasteiger partial charge is 0.241 e. The summed E-state index contributed by atoms with van der Waals surface area (Å²) in [4.78, 5) is 13.0. The molecule has 4 heteroatoms. The van der Waals surface area contributed by atoms with Crippen molar-refractivity contribution >= 4 is 36.5 Å². The SMILES string of the molecule is Bc1c(C)cc(N(C)C(=O)CCl)cc1C. The van der Waals surface area contributed by atoms with Crippen LogP contribution in [0.2, 0.25) is 0 Å². The number of benzene rings is 1. The topological polar surface area (TPSA) is 20.3 Å². The van der Waals surface area contributed by atoms with Gasteiger partial charge in [-0.25, -0.2) is 0 Å². The third kappa shape index (κ3) is 2.54. The second-order valence-corrected chi connectivity index (χ2v) is 4.06. The molecule has 80 valence electrons. The largest absolute Gasteiger partial charge is 0.314 e. The lowest BCUT2D eigenvalue weighted by Gasteiger charge is -2.18. The van der Waals surface area contributed by atoms with Crippen LogP contribution in [0.4, 0.5) is 5.69 Å². The zero-order valence-electron chi connectivity index (χ0n) is 9.60. The summed E-state index contributed by atoms with van der Waals surface area (Å²) < 4.78 is 0. The maximum absolute atomic E-state index is 11.4. The van der Waals surface area contributed by atoms with Gasteiger partial charge in [0.05, 0.1) is 0 Å². The van der Waals surface area contributed by atoms with Crippen molar-refractivity contribution in [2.45, 2.75) is 13.8 Å². The van der Waals surface area contributed by atoms with Crippen molar-refractivity contribution in [3.05, 3.63) is 23.3 Å². The summed E-state index contributed by atoms with van der Waals surface area (Å²) in [5.41, 5.74) is 4.56. The third-order valence-corrected chi connectivity index (χ3v) is 3.02. The molecule has 0 saturated carbocycles. The van der Waals surface area contributed by atoms with E-state index < -0.39 is 0 Å². The molecule has 2 nitrogen and oxygen atoms in total. The van der Waals surface area contributed by atoms with Crippen molar-refractivity contribution in [2.24, 2.45) is 0 Å². The van der Waals surface area contributed by atoms with Crippen molar-refractivity contribution in [1.82, 2.24) is 0 Å². The fraction of sp³-hybridized carbons (Fsp3) is 0.364. The molecule has 0 spiro atoms. The van der Waals surface area contributed by atoms with Crippen LogP contribution in [0.3, 0.4) is 0 Å². The summed E-state index contributed by atoms with van der Waals surface area (Å²) in [5.74, 6) is -0.0676. The Morgan fingerprint density at radius 2 is 1.87 bits per heavy atom. The summed E-state index contributed by atoms with van der Waals surface area (Å²) >= 11 is 5.52. The van der Waals surface area contributed by atoms with Crippen LogP contribution >= 0.6 is 11.6 Å². The molecule has 0 aliphatic carbocycles. The average Bonchev–Trinajstić information content (AvgIpc) is 2.23. The van der Waals surface area contributed by atoms with Gasteiger partial charge in [-0.1, -0.05) is 16.6 Å². The number of halogens is 1. The fourth-order valence-electron chi connectivity index (χ4n) is 1.44. The lowest BCUT2D eigenvalue weighted by Crippen LogP contribution is -2.28. The van der Waals surface area contributed by atoms with Gasteiger partial charge < -0.3 is 4.90 Å². The summed E-state index contributed by atoms with van der Waals surface area (Å²) in [6.45, 7) is 4.09. The first kappa shape index (κ1) is 12.1. The first-order chi connectivity index (χ1) is 6.97. The molecular weight excluding hydrogens is 208 g/mol. The number of rotatable bonds is 2. The monoisotopic (exact) mass is 223 g/mol. The van der Waals surface area contributed by atoms with Gasteiger partial charge in [-0.3, -0.25) is 4.79 Å². The molecule has 0 saturated heterocycles. The summed E-state index contributed by atoms with van der Waals surface area (Å²) in [6.07, 6.45) is 0. The average molecular weight is 224 g/mol. The molecule has 0 N–H and O–H groups in total. The maximum Gasteiger partial charge on any atom is 0.241 e. The second kappa shape index (κ2) is 4.71.